The van der Waals surface area contributed by atoms with Crippen molar-refractivity contribution in [1.82, 2.24) is 9.80 Å². The molecule has 0 aromatic carbocycles. The van der Waals surface area contributed by atoms with Gasteiger partial charge in [-0.15, -0.1) is 0 Å². The number of nitrogens with zero attached hydrogens (tertiary/aromatic N) is 2. The first-order chi connectivity index (χ1) is 8.20. The van der Waals surface area contributed by atoms with Crippen LogP contribution >= 0.6 is 0 Å². The molecule has 2 rings (SSSR count). The molecule has 2 aliphatic heterocycles. The van der Waals surface area contributed by atoms with Crippen LogP contribution in [0.5, 0.6) is 0 Å². The Morgan fingerprint density at radius 3 is 2.47 bits per heavy atom. The van der Waals surface area contributed by atoms with Gasteiger partial charge in [0.15, 0.2) is 0 Å². The number of piperidine rings is 1. The molecule has 17 heavy (non-hydrogen) atoms. The predicted molar refractivity (Wildman–Crippen MR) is 59.8 cm³/mol. The van der Waals surface area contributed by atoms with Gasteiger partial charge in [-0.25, -0.2) is 9.59 Å². The Morgan fingerprint density at radius 1 is 1.12 bits per heavy atom. The van der Waals surface area contributed by atoms with Crippen molar-refractivity contribution in [3.63, 3.8) is 0 Å². The maximum atomic E-state index is 12.2. The average molecular weight is 242 g/mol. The highest BCUT2D eigenvalue weighted by Gasteiger charge is 2.34. The van der Waals surface area contributed by atoms with Crippen LogP contribution in [-0.4, -0.2) is 65.8 Å². The van der Waals surface area contributed by atoms with Crippen LogP contribution in [0.3, 0.4) is 0 Å². The van der Waals surface area contributed by atoms with Gasteiger partial charge < -0.3 is 19.6 Å². The van der Waals surface area contributed by atoms with Crippen LogP contribution in [-0.2, 0) is 9.53 Å². The van der Waals surface area contributed by atoms with Crippen molar-refractivity contribution in [3.8, 4) is 0 Å². The first-order valence-corrected chi connectivity index (χ1v) is 6.06. The lowest BCUT2D eigenvalue weighted by atomic mass is 10.0. The maximum Gasteiger partial charge on any atom is 0.326 e. The van der Waals surface area contributed by atoms with Crippen LogP contribution in [0, 0.1) is 0 Å². The van der Waals surface area contributed by atoms with E-state index in [0.29, 0.717) is 39.3 Å². The number of urea groups is 1. The van der Waals surface area contributed by atoms with Gasteiger partial charge in [-0.1, -0.05) is 0 Å². The molecule has 2 amide bonds. The number of aliphatic carboxylic acids is 1. The van der Waals surface area contributed by atoms with Gasteiger partial charge in [-0.3, -0.25) is 0 Å². The van der Waals surface area contributed by atoms with E-state index in [1.54, 1.807) is 4.90 Å². The molecule has 6 nitrogen and oxygen atoms in total. The molecule has 2 aliphatic rings. The number of carbonyl (C=O) groups is 2. The highest BCUT2D eigenvalue weighted by molar-refractivity contribution is 5.83. The second-order valence-corrected chi connectivity index (χ2v) is 4.43. The number of amides is 2. The van der Waals surface area contributed by atoms with Gasteiger partial charge >= 0.3 is 12.0 Å². The zero-order chi connectivity index (χ0) is 12.3. The van der Waals surface area contributed by atoms with Crippen LogP contribution in [0.4, 0.5) is 4.79 Å². The minimum Gasteiger partial charge on any atom is -0.480 e. The SMILES string of the molecule is O=C(O)C1CCCCN1C(=O)N1CCOCC1. The van der Waals surface area contributed by atoms with Crippen LogP contribution in [0.15, 0.2) is 0 Å². The molecule has 96 valence electrons. The normalized spacial score (nSPS) is 25.8. The molecule has 1 unspecified atom stereocenters. The van der Waals surface area contributed by atoms with E-state index in [9.17, 15) is 9.59 Å². The Balaban J connectivity index is 2.02. The molecule has 0 spiro atoms. The molecule has 0 saturated carbocycles. The topological polar surface area (TPSA) is 70.1 Å². The van der Waals surface area contributed by atoms with E-state index in [-0.39, 0.29) is 6.03 Å². The summed E-state index contributed by atoms with van der Waals surface area (Å²) in [7, 11) is 0. The average Bonchev–Trinajstić information content (AvgIpc) is 2.39. The minimum absolute atomic E-state index is 0.152. The smallest absolute Gasteiger partial charge is 0.326 e. The van der Waals surface area contributed by atoms with Crippen molar-refractivity contribution < 1.29 is 19.4 Å². The van der Waals surface area contributed by atoms with E-state index in [1.165, 1.54) is 4.90 Å². The van der Waals surface area contributed by atoms with Crippen molar-refractivity contribution in [2.75, 3.05) is 32.8 Å². The van der Waals surface area contributed by atoms with Gasteiger partial charge in [-0.05, 0) is 19.3 Å². The van der Waals surface area contributed by atoms with Crippen molar-refractivity contribution >= 4 is 12.0 Å². The lowest BCUT2D eigenvalue weighted by Gasteiger charge is -2.38. The largest absolute Gasteiger partial charge is 0.480 e. The number of hydrogen-bond acceptors (Lipinski definition) is 3. The monoisotopic (exact) mass is 242 g/mol. The third-order valence-corrected chi connectivity index (χ3v) is 3.32. The first-order valence-electron chi connectivity index (χ1n) is 6.06. The highest BCUT2D eigenvalue weighted by Crippen LogP contribution is 2.19. The van der Waals surface area contributed by atoms with Gasteiger partial charge in [0.2, 0.25) is 0 Å². The molecular formula is C11H18N2O4. The standard InChI is InChI=1S/C11H18N2O4/c14-10(15)9-3-1-2-4-13(9)11(16)12-5-7-17-8-6-12/h9H,1-8H2,(H,14,15). The summed E-state index contributed by atoms with van der Waals surface area (Å²) < 4.78 is 5.18. The van der Waals surface area contributed by atoms with E-state index < -0.39 is 12.0 Å². The molecule has 6 heteroatoms. The number of rotatable bonds is 1. The second-order valence-electron chi connectivity index (χ2n) is 4.43. The summed E-state index contributed by atoms with van der Waals surface area (Å²) in [6, 6.07) is -0.806. The summed E-state index contributed by atoms with van der Waals surface area (Å²) in [6.45, 7) is 2.74. The molecule has 1 N–H and O–H groups in total. The molecule has 0 aliphatic carbocycles. The number of carboxylic acids is 1. The van der Waals surface area contributed by atoms with E-state index in [1.807, 2.05) is 0 Å². The van der Waals surface area contributed by atoms with Crippen LogP contribution in [0.2, 0.25) is 0 Å². The van der Waals surface area contributed by atoms with Crippen molar-refractivity contribution in [2.45, 2.75) is 25.3 Å². The summed E-state index contributed by atoms with van der Waals surface area (Å²) in [5.74, 6) is -0.897. The quantitative estimate of drug-likeness (QED) is 0.721. The third-order valence-electron chi connectivity index (χ3n) is 3.32. The van der Waals surface area contributed by atoms with Crippen molar-refractivity contribution in [1.29, 1.82) is 0 Å². The Labute approximate surface area is 100 Å². The Morgan fingerprint density at radius 2 is 1.82 bits per heavy atom. The lowest BCUT2D eigenvalue weighted by molar-refractivity contribution is -0.143. The molecule has 0 aromatic rings. The molecule has 0 aromatic heterocycles. The van der Waals surface area contributed by atoms with E-state index in [2.05, 4.69) is 0 Å². The Bertz CT molecular complexity index is 302. The Kier molecular flexibility index (Phi) is 3.83. The fourth-order valence-corrected chi connectivity index (χ4v) is 2.35. The van der Waals surface area contributed by atoms with Crippen molar-refractivity contribution in [2.24, 2.45) is 0 Å². The number of likely N-dealkylation sites (tertiary alicyclic amines) is 1. The minimum atomic E-state index is -0.897. The predicted octanol–water partition coefficient (Wildman–Crippen LogP) is 0.378. The van der Waals surface area contributed by atoms with Crippen LogP contribution in [0.25, 0.3) is 0 Å². The fourth-order valence-electron chi connectivity index (χ4n) is 2.35. The molecule has 2 heterocycles. The van der Waals surface area contributed by atoms with E-state index >= 15 is 0 Å². The van der Waals surface area contributed by atoms with E-state index in [0.717, 1.165) is 12.8 Å². The fraction of sp³-hybridized carbons (Fsp3) is 0.818. The first kappa shape index (κ1) is 12.2. The zero-order valence-electron chi connectivity index (χ0n) is 9.80. The summed E-state index contributed by atoms with van der Waals surface area (Å²) in [5, 5.41) is 9.12. The van der Waals surface area contributed by atoms with Crippen LogP contribution < -0.4 is 0 Å². The lowest BCUT2D eigenvalue weighted by Crippen LogP contribution is -2.55. The van der Waals surface area contributed by atoms with Crippen molar-refractivity contribution in [3.05, 3.63) is 0 Å². The molecular weight excluding hydrogens is 224 g/mol. The molecule has 0 bridgehead atoms. The van der Waals surface area contributed by atoms with Crippen LogP contribution in [0.1, 0.15) is 19.3 Å². The molecule has 2 fully saturated rings. The van der Waals surface area contributed by atoms with Gasteiger partial charge in [0.1, 0.15) is 6.04 Å². The number of carbonyl (C=O) groups excluding carboxylic acids is 1. The number of carboxylic acid groups (broad SMARTS) is 1. The third kappa shape index (κ3) is 2.69. The highest BCUT2D eigenvalue weighted by atomic mass is 16.5. The maximum absolute atomic E-state index is 12.2. The summed E-state index contributed by atoms with van der Waals surface area (Å²) in [5.41, 5.74) is 0. The Hall–Kier alpha value is -1.30. The summed E-state index contributed by atoms with van der Waals surface area (Å²) >= 11 is 0. The van der Waals surface area contributed by atoms with Gasteiger partial charge in [-0.2, -0.15) is 0 Å². The molecule has 0 radical (unpaired) electrons. The summed E-state index contributed by atoms with van der Waals surface area (Å²) in [6.07, 6.45) is 2.33. The number of morpholine rings is 1. The molecule has 1 atom stereocenters. The molecule has 2 saturated heterocycles. The van der Waals surface area contributed by atoms with Gasteiger partial charge in [0.25, 0.3) is 0 Å². The second kappa shape index (κ2) is 5.35. The summed E-state index contributed by atoms with van der Waals surface area (Å²) in [4.78, 5) is 26.5. The number of hydrogen-bond donors (Lipinski definition) is 1. The van der Waals surface area contributed by atoms with Gasteiger partial charge in [0.05, 0.1) is 13.2 Å². The number of ether oxygens (including phenoxy) is 1. The van der Waals surface area contributed by atoms with E-state index in [4.69, 9.17) is 9.84 Å². The van der Waals surface area contributed by atoms with Gasteiger partial charge in [0, 0.05) is 19.6 Å². The zero-order valence-corrected chi connectivity index (χ0v) is 9.80.